The van der Waals surface area contributed by atoms with Crippen LogP contribution in [-0.2, 0) is 0 Å². The van der Waals surface area contributed by atoms with E-state index in [2.05, 4.69) is 22.0 Å². The average Bonchev–Trinajstić information content (AvgIpc) is 2.17. The van der Waals surface area contributed by atoms with Crippen molar-refractivity contribution in [1.82, 2.24) is 10.2 Å². The highest BCUT2D eigenvalue weighted by Gasteiger charge is 2.05. The van der Waals surface area contributed by atoms with E-state index < -0.39 is 0 Å². The van der Waals surface area contributed by atoms with Crippen molar-refractivity contribution in [3.63, 3.8) is 0 Å². The maximum absolute atomic E-state index is 11.6. The molecule has 0 aliphatic heterocycles. The van der Waals surface area contributed by atoms with Crippen LogP contribution in [0.3, 0.4) is 0 Å². The quantitative estimate of drug-likeness (QED) is 0.545. The lowest BCUT2D eigenvalue weighted by Crippen LogP contribution is -2.02. The maximum Gasteiger partial charge on any atom is 0.176 e. The molecule has 0 aliphatic rings. The van der Waals surface area contributed by atoms with Gasteiger partial charge in [0, 0.05) is 11.0 Å². The third-order valence-electron chi connectivity index (χ3n) is 1.62. The second kappa shape index (κ2) is 4.70. The SMILES string of the molecule is CC(C)(C)C#CCC(=O)c1ccnnc1. The van der Waals surface area contributed by atoms with E-state index in [0.717, 1.165) is 0 Å². The molecule has 0 bridgehead atoms. The summed E-state index contributed by atoms with van der Waals surface area (Å²) in [6.45, 7) is 6.04. The summed E-state index contributed by atoms with van der Waals surface area (Å²) in [5.74, 6) is 5.88. The van der Waals surface area contributed by atoms with Crippen LogP contribution in [0.4, 0.5) is 0 Å². The molecule has 3 nitrogen and oxygen atoms in total. The van der Waals surface area contributed by atoms with Gasteiger partial charge >= 0.3 is 0 Å². The van der Waals surface area contributed by atoms with Crippen LogP contribution >= 0.6 is 0 Å². The number of ketones is 1. The summed E-state index contributed by atoms with van der Waals surface area (Å²) >= 11 is 0. The lowest BCUT2D eigenvalue weighted by Gasteiger charge is -2.06. The minimum atomic E-state index is -0.0588. The third kappa shape index (κ3) is 4.37. The largest absolute Gasteiger partial charge is 0.293 e. The Morgan fingerprint density at radius 3 is 2.67 bits per heavy atom. The topological polar surface area (TPSA) is 42.9 Å². The number of hydrogen-bond acceptors (Lipinski definition) is 3. The molecule has 1 rings (SSSR count). The summed E-state index contributed by atoms with van der Waals surface area (Å²) in [4.78, 5) is 11.6. The third-order valence-corrected chi connectivity index (χ3v) is 1.62. The van der Waals surface area contributed by atoms with Crippen LogP contribution < -0.4 is 0 Å². The molecule has 0 fully saturated rings. The first kappa shape index (κ1) is 11.4. The second-order valence-electron chi connectivity index (χ2n) is 4.28. The highest BCUT2D eigenvalue weighted by atomic mass is 16.1. The van der Waals surface area contributed by atoms with E-state index in [4.69, 9.17) is 0 Å². The molecule has 0 saturated carbocycles. The zero-order valence-corrected chi connectivity index (χ0v) is 9.24. The van der Waals surface area contributed by atoms with Crippen molar-refractivity contribution in [2.45, 2.75) is 27.2 Å². The number of carbonyl (C=O) groups excluding carboxylic acids is 1. The predicted octanol–water partition coefficient (Wildman–Crippen LogP) is 2.10. The molecular formula is C12H14N2O. The van der Waals surface area contributed by atoms with Gasteiger partial charge < -0.3 is 0 Å². The number of nitrogens with zero attached hydrogens (tertiary/aromatic N) is 2. The van der Waals surface area contributed by atoms with Crippen LogP contribution in [0.2, 0.25) is 0 Å². The standard InChI is InChI=1S/C12H14N2O/c1-12(2,3)7-4-5-11(15)10-6-8-13-14-9-10/h6,8-9H,5H2,1-3H3. The van der Waals surface area contributed by atoms with Gasteiger partial charge in [0.25, 0.3) is 0 Å². The van der Waals surface area contributed by atoms with E-state index in [-0.39, 0.29) is 17.6 Å². The minimum absolute atomic E-state index is 0.0124. The van der Waals surface area contributed by atoms with Crippen LogP contribution in [0.25, 0.3) is 0 Å². The molecule has 0 saturated heterocycles. The number of hydrogen-bond donors (Lipinski definition) is 0. The molecule has 0 atom stereocenters. The van der Waals surface area contributed by atoms with Gasteiger partial charge in [0.05, 0.1) is 18.8 Å². The lowest BCUT2D eigenvalue weighted by molar-refractivity contribution is 0.0997. The summed E-state index contributed by atoms with van der Waals surface area (Å²) in [7, 11) is 0. The number of Topliss-reactive ketones (excluding diaryl/α,β-unsaturated/α-hetero) is 1. The van der Waals surface area contributed by atoms with Gasteiger partial charge in [0.15, 0.2) is 5.78 Å². The number of aromatic nitrogens is 2. The van der Waals surface area contributed by atoms with Crippen molar-refractivity contribution in [3.8, 4) is 11.8 Å². The summed E-state index contributed by atoms with van der Waals surface area (Å²) in [6, 6.07) is 1.65. The highest BCUT2D eigenvalue weighted by Crippen LogP contribution is 2.10. The van der Waals surface area contributed by atoms with Gasteiger partial charge in [-0.25, -0.2) is 0 Å². The molecule has 0 N–H and O–H groups in total. The van der Waals surface area contributed by atoms with E-state index in [0.29, 0.717) is 5.56 Å². The van der Waals surface area contributed by atoms with E-state index in [1.54, 1.807) is 6.07 Å². The zero-order chi connectivity index (χ0) is 11.3. The summed E-state index contributed by atoms with van der Waals surface area (Å²) in [5.41, 5.74) is 0.504. The maximum atomic E-state index is 11.6. The molecule has 78 valence electrons. The highest BCUT2D eigenvalue weighted by molar-refractivity contribution is 5.97. The van der Waals surface area contributed by atoms with E-state index in [1.165, 1.54) is 12.4 Å². The van der Waals surface area contributed by atoms with Crippen LogP contribution in [0.1, 0.15) is 37.6 Å². The Morgan fingerprint density at radius 1 is 1.40 bits per heavy atom. The number of rotatable bonds is 2. The lowest BCUT2D eigenvalue weighted by atomic mass is 9.97. The summed E-state index contributed by atoms with van der Waals surface area (Å²) in [5, 5.41) is 7.25. The van der Waals surface area contributed by atoms with Gasteiger partial charge in [-0.15, -0.1) is 0 Å². The van der Waals surface area contributed by atoms with Crippen LogP contribution in [0.5, 0.6) is 0 Å². The molecule has 0 aliphatic carbocycles. The van der Waals surface area contributed by atoms with Gasteiger partial charge in [-0.2, -0.15) is 10.2 Å². The van der Waals surface area contributed by atoms with Crippen molar-refractivity contribution in [3.05, 3.63) is 24.0 Å². The molecule has 1 aromatic heterocycles. The molecule has 0 amide bonds. The Balaban J connectivity index is 2.61. The van der Waals surface area contributed by atoms with Crippen LogP contribution in [0, 0.1) is 17.3 Å². The van der Waals surface area contributed by atoms with Gasteiger partial charge in [0.1, 0.15) is 0 Å². The van der Waals surface area contributed by atoms with Gasteiger partial charge in [-0.3, -0.25) is 4.79 Å². The van der Waals surface area contributed by atoms with Crippen molar-refractivity contribution in [2.75, 3.05) is 0 Å². The van der Waals surface area contributed by atoms with Crippen molar-refractivity contribution in [2.24, 2.45) is 5.41 Å². The fourth-order valence-electron chi connectivity index (χ4n) is 0.947. The monoisotopic (exact) mass is 202 g/mol. The van der Waals surface area contributed by atoms with E-state index in [1.807, 2.05) is 20.8 Å². The Kier molecular flexibility index (Phi) is 3.56. The first-order chi connectivity index (χ1) is 6.99. The van der Waals surface area contributed by atoms with Crippen molar-refractivity contribution >= 4 is 5.78 Å². The van der Waals surface area contributed by atoms with E-state index >= 15 is 0 Å². The number of carbonyl (C=O) groups is 1. The zero-order valence-electron chi connectivity index (χ0n) is 9.24. The summed E-state index contributed by atoms with van der Waals surface area (Å²) in [6.07, 6.45) is 3.20. The van der Waals surface area contributed by atoms with Crippen molar-refractivity contribution < 1.29 is 4.79 Å². The Morgan fingerprint density at radius 2 is 2.13 bits per heavy atom. The average molecular weight is 202 g/mol. The molecule has 1 heterocycles. The Labute approximate surface area is 89.9 Å². The van der Waals surface area contributed by atoms with E-state index in [9.17, 15) is 4.79 Å². The van der Waals surface area contributed by atoms with Crippen molar-refractivity contribution in [1.29, 1.82) is 0 Å². The smallest absolute Gasteiger partial charge is 0.176 e. The fourth-order valence-corrected chi connectivity index (χ4v) is 0.947. The molecule has 3 heteroatoms. The second-order valence-corrected chi connectivity index (χ2v) is 4.28. The molecule has 1 aromatic rings. The summed E-state index contributed by atoms with van der Waals surface area (Å²) < 4.78 is 0. The van der Waals surface area contributed by atoms with Gasteiger partial charge in [-0.05, 0) is 26.8 Å². The van der Waals surface area contributed by atoms with Crippen LogP contribution in [0.15, 0.2) is 18.5 Å². The molecular weight excluding hydrogens is 188 g/mol. The molecule has 0 radical (unpaired) electrons. The minimum Gasteiger partial charge on any atom is -0.293 e. The van der Waals surface area contributed by atoms with Crippen LogP contribution in [-0.4, -0.2) is 16.0 Å². The predicted molar refractivity (Wildman–Crippen MR) is 58.2 cm³/mol. The molecule has 0 unspecified atom stereocenters. The normalized spacial score (nSPS) is 10.3. The molecule has 0 aromatic carbocycles. The first-order valence-electron chi connectivity index (χ1n) is 4.79. The Hall–Kier alpha value is -1.69. The molecule has 15 heavy (non-hydrogen) atoms. The van der Waals surface area contributed by atoms with Gasteiger partial charge in [0.2, 0.25) is 0 Å². The van der Waals surface area contributed by atoms with Gasteiger partial charge in [-0.1, -0.05) is 11.8 Å². The first-order valence-corrected chi connectivity index (χ1v) is 4.79. The Bertz CT molecular complexity index is 393. The molecule has 0 spiro atoms. The fraction of sp³-hybridized carbons (Fsp3) is 0.417.